The molecule has 0 aromatic carbocycles. The van der Waals surface area contributed by atoms with Gasteiger partial charge in [0.25, 0.3) is 0 Å². The highest BCUT2D eigenvalue weighted by atomic mass is 32.1. The number of aromatic amines is 2. The maximum absolute atomic E-state index is 5.53. The van der Waals surface area contributed by atoms with Crippen molar-refractivity contribution in [3.8, 4) is 0 Å². The Balaban J connectivity index is 1.49. The largest absolute Gasteiger partial charge is 0.353 e. The lowest BCUT2D eigenvalue weighted by Gasteiger charge is -2.00. The molecule has 8 heteroatoms. The van der Waals surface area contributed by atoms with Gasteiger partial charge in [0.15, 0.2) is 0 Å². The summed E-state index contributed by atoms with van der Waals surface area (Å²) in [5.41, 5.74) is 35.0. The Morgan fingerprint density at radius 3 is 0.719 bits per heavy atom. The molecule has 0 saturated carbocycles. The van der Waals surface area contributed by atoms with Gasteiger partial charge in [0.1, 0.15) is 0 Å². The minimum absolute atomic E-state index is 1.06. The van der Waals surface area contributed by atoms with Crippen LogP contribution >= 0.6 is 45.3 Å². The van der Waals surface area contributed by atoms with Gasteiger partial charge in [0.2, 0.25) is 0 Å². The Labute approximate surface area is 394 Å². The number of fused-ring (bicyclic) bond motifs is 20. The van der Waals surface area contributed by atoms with Crippen molar-refractivity contribution in [1.29, 1.82) is 0 Å². The molecule has 0 saturated heterocycles. The molecule has 0 atom stereocenters. The van der Waals surface area contributed by atoms with Crippen molar-refractivity contribution in [2.75, 3.05) is 0 Å². The first-order chi connectivity index (χ1) is 30.1. The minimum Gasteiger partial charge on any atom is -0.353 e. The molecule has 0 spiro atoms. The van der Waals surface area contributed by atoms with Crippen molar-refractivity contribution < 1.29 is 0 Å². The van der Waals surface area contributed by atoms with Gasteiger partial charge < -0.3 is 9.97 Å². The highest BCUT2D eigenvalue weighted by Crippen LogP contribution is 2.46. The van der Waals surface area contributed by atoms with E-state index in [2.05, 4.69) is 148 Å². The molecule has 9 heterocycles. The number of hydrogen-bond acceptors (Lipinski definition) is 6. The van der Waals surface area contributed by atoms with Crippen molar-refractivity contribution in [2.45, 2.75) is 138 Å². The first-order valence-electron chi connectivity index (χ1n) is 22.5. The molecule has 0 radical (unpaired) electrons. The van der Waals surface area contributed by atoms with Gasteiger partial charge in [-0.3, -0.25) is 0 Å². The summed E-state index contributed by atoms with van der Waals surface area (Å²) in [6.07, 6.45) is 0. The van der Waals surface area contributed by atoms with Gasteiger partial charge in [-0.15, -0.1) is 45.3 Å². The Hall–Kier alpha value is -4.60. The second kappa shape index (κ2) is 15.5. The predicted molar refractivity (Wildman–Crippen MR) is 290 cm³/mol. The smallest absolute Gasteiger partial charge is 0.0907 e. The van der Waals surface area contributed by atoms with Crippen LogP contribution in [0.4, 0.5) is 0 Å². The predicted octanol–water partition coefficient (Wildman–Crippen LogP) is 18.3. The molecule has 0 amide bonds. The normalized spacial score (nSPS) is 13.2. The van der Waals surface area contributed by atoms with E-state index in [1.807, 2.05) is 45.3 Å². The van der Waals surface area contributed by atoms with Crippen LogP contribution in [0.15, 0.2) is 0 Å². The van der Waals surface area contributed by atoms with Crippen LogP contribution in [0.2, 0.25) is 0 Å². The third-order valence-corrected chi connectivity index (χ3v) is 22.0. The lowest BCUT2D eigenvalue weighted by molar-refractivity contribution is 1.26. The molecular weight excluding hydrogens is 857 g/mol. The van der Waals surface area contributed by atoms with Crippen molar-refractivity contribution in [3.05, 3.63) is 112 Å². The molecule has 0 aliphatic carbocycles. The van der Waals surface area contributed by atoms with E-state index in [0.29, 0.717) is 0 Å². The Morgan fingerprint density at radius 2 is 0.438 bits per heavy atom. The number of hydrogen-bond donors (Lipinski definition) is 2. The second-order valence-electron chi connectivity index (χ2n) is 18.9. The van der Waals surface area contributed by atoms with Gasteiger partial charge in [-0.1, -0.05) is 0 Å². The standard InChI is InChI=1S/C56H62N4S4/c1-21-25(5)45-46-26(6)22(2)42(58-46)38(18)50-31(11)35(15)55(63-50)56-36(16)32(12)52(64-56)40(20)44-24(4)28(8)48(60-44)47-27(7)23(3)43(59-47)39(19)51-30(10)34(14)54(62-51)53-33(13)29(9)49(61-53)37(17)41(21)57-45/h57,60H,1-20H3. The zero-order valence-corrected chi connectivity index (χ0v) is 44.8. The number of nitrogens with zero attached hydrogens (tertiary/aromatic N) is 2. The van der Waals surface area contributed by atoms with E-state index >= 15 is 0 Å². The molecule has 7 aromatic heterocycles. The summed E-state index contributed by atoms with van der Waals surface area (Å²) >= 11 is 7.76. The average Bonchev–Trinajstić information content (AvgIpc) is 4.14. The van der Waals surface area contributed by atoms with E-state index in [1.54, 1.807) is 0 Å². The summed E-state index contributed by atoms with van der Waals surface area (Å²) in [6, 6.07) is 0. The van der Waals surface area contributed by atoms with Crippen molar-refractivity contribution >= 4 is 127 Å². The highest BCUT2D eigenvalue weighted by Gasteiger charge is 2.24. The zero-order valence-electron chi connectivity index (χ0n) is 41.5. The number of allylic oxidation sites excluding steroid dienone is 4. The van der Waals surface area contributed by atoms with Crippen LogP contribution in [0.5, 0.6) is 0 Å². The molecule has 0 fully saturated rings. The summed E-state index contributed by atoms with van der Waals surface area (Å²) in [4.78, 5) is 19.0. The van der Waals surface area contributed by atoms with Gasteiger partial charge in [-0.05, 0) is 250 Å². The maximum Gasteiger partial charge on any atom is 0.0907 e. The van der Waals surface area contributed by atoms with Crippen LogP contribution in [-0.4, -0.2) is 19.9 Å². The maximum atomic E-state index is 5.53. The minimum atomic E-state index is 1.06. The van der Waals surface area contributed by atoms with Gasteiger partial charge in [0, 0.05) is 48.6 Å². The van der Waals surface area contributed by atoms with Gasteiger partial charge in [-0.25, -0.2) is 9.97 Å². The number of H-pyrrole nitrogens is 2. The molecule has 2 aliphatic heterocycles. The van der Waals surface area contributed by atoms with E-state index in [9.17, 15) is 0 Å². The van der Waals surface area contributed by atoms with Crippen molar-refractivity contribution in [3.63, 3.8) is 0 Å². The summed E-state index contributed by atoms with van der Waals surface area (Å²) in [5, 5.41) is 0. The zero-order chi connectivity index (χ0) is 46.4. The summed E-state index contributed by atoms with van der Waals surface area (Å²) in [5.74, 6) is 0. The summed E-state index contributed by atoms with van der Waals surface area (Å²) in [6.45, 7) is 45.7. The van der Waals surface area contributed by atoms with Crippen molar-refractivity contribution in [2.24, 2.45) is 0 Å². The first-order valence-corrected chi connectivity index (χ1v) is 25.8. The number of nitrogens with one attached hydrogen (secondary N) is 2. The van der Waals surface area contributed by atoms with Gasteiger partial charge in [-0.2, -0.15) is 0 Å². The molecule has 16 bridgehead atoms. The van der Waals surface area contributed by atoms with Gasteiger partial charge >= 0.3 is 0 Å². The Morgan fingerprint density at radius 1 is 0.219 bits per heavy atom. The third-order valence-electron chi connectivity index (χ3n) is 15.6. The molecule has 330 valence electrons. The number of aromatic nitrogens is 4. The molecule has 7 aromatic rings. The fourth-order valence-corrected chi connectivity index (χ4v) is 16.0. The van der Waals surface area contributed by atoms with Crippen molar-refractivity contribution in [1.82, 2.24) is 19.9 Å². The summed E-state index contributed by atoms with van der Waals surface area (Å²) in [7, 11) is 0. The summed E-state index contributed by atoms with van der Waals surface area (Å²) < 4.78 is 10.8. The molecule has 0 unspecified atom stereocenters. The third kappa shape index (κ3) is 6.22. The van der Waals surface area contributed by atoms with E-state index in [4.69, 9.17) is 9.97 Å². The fourth-order valence-electron chi connectivity index (χ4n) is 10.2. The first kappa shape index (κ1) is 44.6. The molecular formula is C56H62N4S4. The Bertz CT molecular complexity index is 3460. The van der Waals surface area contributed by atoms with Crippen LogP contribution in [-0.2, 0) is 0 Å². The van der Waals surface area contributed by atoms with Crippen LogP contribution in [0.1, 0.15) is 139 Å². The van der Waals surface area contributed by atoms with Gasteiger partial charge in [0.05, 0.1) is 33.8 Å². The lowest BCUT2D eigenvalue weighted by Crippen LogP contribution is -1.85. The topological polar surface area (TPSA) is 57.4 Å². The molecule has 2 N–H and O–H groups in total. The van der Waals surface area contributed by atoms with Crippen LogP contribution < -0.4 is 0 Å². The average molecular weight is 919 g/mol. The lowest BCUT2D eigenvalue weighted by atomic mass is 10.0. The second-order valence-corrected chi connectivity index (χ2v) is 23.0. The SMILES string of the molecule is CC1=C(C)c2nc1c(C)c1sc(c(C)c1C)c1sc(c(C)c1C)c(C)c1[nH]c(c3nc(c(C)c4sc(c(C)c4C)c4sc(c(C)c4C)c(C)c4[nH]c2c(C)c4C)C(C)=C3C)c(C)c1C. The van der Waals surface area contributed by atoms with E-state index in [1.165, 1.54) is 160 Å². The number of aryl methyl sites for hydroxylation is 16. The monoisotopic (exact) mass is 918 g/mol. The molecule has 64 heavy (non-hydrogen) atoms. The van der Waals surface area contributed by atoms with E-state index in [0.717, 1.165) is 33.8 Å². The molecule has 4 nitrogen and oxygen atoms in total. The van der Waals surface area contributed by atoms with E-state index < -0.39 is 0 Å². The Kier molecular flexibility index (Phi) is 10.8. The van der Waals surface area contributed by atoms with Crippen LogP contribution in [0.3, 0.4) is 0 Å². The number of rotatable bonds is 0. The van der Waals surface area contributed by atoms with E-state index in [-0.39, 0.29) is 0 Å². The fraction of sp³-hybridized carbons (Fsp3) is 0.357. The quantitative estimate of drug-likeness (QED) is 0.159. The number of thiophene rings is 4. The molecule has 9 rings (SSSR count). The highest BCUT2D eigenvalue weighted by molar-refractivity contribution is 7.32. The van der Waals surface area contributed by atoms with Crippen LogP contribution in [0.25, 0.3) is 82.0 Å². The van der Waals surface area contributed by atoms with Crippen LogP contribution in [0, 0.1) is 111 Å². The molecule has 2 aliphatic rings.